The molecule has 0 atom stereocenters. The van der Waals surface area contributed by atoms with Crippen molar-refractivity contribution in [2.75, 3.05) is 10.2 Å². The molecule has 33 heavy (non-hydrogen) atoms. The molecule has 0 radical (unpaired) electrons. The lowest BCUT2D eigenvalue weighted by Gasteiger charge is -2.23. The van der Waals surface area contributed by atoms with Crippen molar-refractivity contribution in [1.29, 1.82) is 0 Å². The SMILES string of the molecule is O=C(Nc1ccc(C(=O)N2Cc3ccccc3Sc3ccccc32)cc1)c1ccccc1F. The van der Waals surface area contributed by atoms with Crippen LogP contribution >= 0.6 is 11.8 Å². The van der Waals surface area contributed by atoms with E-state index in [1.54, 1.807) is 47.0 Å². The summed E-state index contributed by atoms with van der Waals surface area (Å²) in [6, 6.07) is 28.4. The number of nitrogens with zero attached hydrogens (tertiary/aromatic N) is 1. The molecule has 2 amide bonds. The van der Waals surface area contributed by atoms with Gasteiger partial charge in [0.15, 0.2) is 0 Å². The molecule has 5 rings (SSSR count). The zero-order valence-corrected chi connectivity index (χ0v) is 18.3. The number of rotatable bonds is 3. The number of fused-ring (bicyclic) bond motifs is 2. The number of carbonyl (C=O) groups is 2. The van der Waals surface area contributed by atoms with E-state index in [0.29, 0.717) is 17.8 Å². The Morgan fingerprint density at radius 1 is 0.788 bits per heavy atom. The molecule has 0 fully saturated rings. The van der Waals surface area contributed by atoms with Gasteiger partial charge in [0.25, 0.3) is 11.8 Å². The van der Waals surface area contributed by atoms with E-state index in [-0.39, 0.29) is 11.5 Å². The standard InChI is InChI=1S/C27H19FN2O2S/c28-22-9-3-2-8-21(22)26(31)29-20-15-13-18(14-16-20)27(32)30-17-19-7-1-5-11-24(19)33-25-12-6-4-10-23(25)30/h1-16H,17H2,(H,29,31). The molecule has 0 saturated carbocycles. The Labute approximate surface area is 195 Å². The third kappa shape index (κ3) is 4.25. The van der Waals surface area contributed by atoms with Crippen molar-refractivity contribution in [3.05, 3.63) is 120 Å². The van der Waals surface area contributed by atoms with Crippen molar-refractivity contribution in [2.24, 2.45) is 0 Å². The highest BCUT2D eigenvalue weighted by atomic mass is 32.2. The summed E-state index contributed by atoms with van der Waals surface area (Å²) >= 11 is 1.66. The van der Waals surface area contributed by atoms with Gasteiger partial charge in [0.2, 0.25) is 0 Å². The summed E-state index contributed by atoms with van der Waals surface area (Å²) in [6.07, 6.45) is 0. The van der Waals surface area contributed by atoms with Gasteiger partial charge in [0, 0.05) is 21.0 Å². The van der Waals surface area contributed by atoms with Crippen LogP contribution in [-0.2, 0) is 6.54 Å². The lowest BCUT2D eigenvalue weighted by atomic mass is 10.1. The van der Waals surface area contributed by atoms with Gasteiger partial charge in [-0.2, -0.15) is 0 Å². The Bertz CT molecular complexity index is 1350. The van der Waals surface area contributed by atoms with Crippen LogP contribution in [0, 0.1) is 5.82 Å². The van der Waals surface area contributed by atoms with Gasteiger partial charge in [0.05, 0.1) is 17.8 Å². The summed E-state index contributed by atoms with van der Waals surface area (Å²) in [5.41, 5.74) is 2.89. The Balaban J connectivity index is 1.40. The van der Waals surface area contributed by atoms with Gasteiger partial charge in [-0.15, -0.1) is 0 Å². The van der Waals surface area contributed by atoms with E-state index >= 15 is 0 Å². The average Bonchev–Trinajstić information content (AvgIpc) is 3.01. The Hall–Kier alpha value is -3.90. The van der Waals surface area contributed by atoms with Crippen LogP contribution in [0.15, 0.2) is 107 Å². The second kappa shape index (κ2) is 8.92. The highest BCUT2D eigenvalue weighted by Gasteiger charge is 2.25. The number of amides is 2. The van der Waals surface area contributed by atoms with Crippen LogP contribution in [-0.4, -0.2) is 11.8 Å². The minimum Gasteiger partial charge on any atom is -0.322 e. The highest BCUT2D eigenvalue weighted by Crippen LogP contribution is 2.41. The number of hydrogen-bond acceptors (Lipinski definition) is 3. The van der Waals surface area contributed by atoms with Gasteiger partial charge in [-0.25, -0.2) is 4.39 Å². The highest BCUT2D eigenvalue weighted by molar-refractivity contribution is 7.99. The predicted octanol–water partition coefficient (Wildman–Crippen LogP) is 6.39. The predicted molar refractivity (Wildman–Crippen MR) is 128 cm³/mol. The Morgan fingerprint density at radius 3 is 2.24 bits per heavy atom. The molecule has 1 aliphatic rings. The van der Waals surface area contributed by atoms with Gasteiger partial charge in [0.1, 0.15) is 5.82 Å². The summed E-state index contributed by atoms with van der Waals surface area (Å²) in [4.78, 5) is 29.8. The second-order valence-corrected chi connectivity index (χ2v) is 8.66. The molecule has 0 bridgehead atoms. The molecular formula is C27H19FN2O2S. The Kier molecular flexibility index (Phi) is 5.67. The fraction of sp³-hybridized carbons (Fsp3) is 0.0370. The van der Waals surface area contributed by atoms with Crippen LogP contribution < -0.4 is 10.2 Å². The van der Waals surface area contributed by atoms with E-state index in [0.717, 1.165) is 21.0 Å². The van der Waals surface area contributed by atoms with Crippen molar-refractivity contribution in [2.45, 2.75) is 16.3 Å². The largest absolute Gasteiger partial charge is 0.322 e. The molecule has 6 heteroatoms. The van der Waals surface area contributed by atoms with Crippen molar-refractivity contribution in [3.63, 3.8) is 0 Å². The first-order valence-electron chi connectivity index (χ1n) is 10.4. The number of anilines is 2. The van der Waals surface area contributed by atoms with Crippen LogP contribution in [0.25, 0.3) is 0 Å². The van der Waals surface area contributed by atoms with E-state index in [1.165, 1.54) is 18.2 Å². The smallest absolute Gasteiger partial charge is 0.258 e. The number of carbonyl (C=O) groups excluding carboxylic acids is 2. The molecule has 1 heterocycles. The minimum absolute atomic E-state index is 0.0324. The molecule has 1 N–H and O–H groups in total. The number of para-hydroxylation sites is 1. The fourth-order valence-electron chi connectivity index (χ4n) is 3.75. The summed E-state index contributed by atoms with van der Waals surface area (Å²) in [6.45, 7) is 0.463. The molecule has 162 valence electrons. The summed E-state index contributed by atoms with van der Waals surface area (Å²) in [5.74, 6) is -1.26. The molecule has 4 aromatic carbocycles. The van der Waals surface area contributed by atoms with Gasteiger partial charge >= 0.3 is 0 Å². The third-order valence-electron chi connectivity index (χ3n) is 5.43. The van der Waals surface area contributed by atoms with Crippen molar-refractivity contribution < 1.29 is 14.0 Å². The number of nitrogens with one attached hydrogen (secondary N) is 1. The average molecular weight is 455 g/mol. The quantitative estimate of drug-likeness (QED) is 0.390. The fourth-order valence-corrected chi connectivity index (χ4v) is 4.83. The summed E-state index contributed by atoms with van der Waals surface area (Å²) in [5, 5.41) is 2.68. The maximum Gasteiger partial charge on any atom is 0.258 e. The first-order chi connectivity index (χ1) is 16.1. The first-order valence-corrected chi connectivity index (χ1v) is 11.2. The second-order valence-electron chi connectivity index (χ2n) is 7.58. The molecule has 0 aromatic heterocycles. The molecule has 0 saturated heterocycles. The molecular weight excluding hydrogens is 435 g/mol. The van der Waals surface area contributed by atoms with Crippen LogP contribution in [0.3, 0.4) is 0 Å². The maximum absolute atomic E-state index is 13.9. The number of halogens is 1. The van der Waals surface area contributed by atoms with Gasteiger partial charge < -0.3 is 10.2 Å². The molecule has 0 unspecified atom stereocenters. The zero-order valence-electron chi connectivity index (χ0n) is 17.5. The molecule has 4 nitrogen and oxygen atoms in total. The lowest BCUT2D eigenvalue weighted by Crippen LogP contribution is -2.30. The molecule has 0 aliphatic carbocycles. The number of benzene rings is 4. The van der Waals surface area contributed by atoms with Crippen LogP contribution in [0.5, 0.6) is 0 Å². The van der Waals surface area contributed by atoms with Gasteiger partial charge in [-0.1, -0.05) is 54.2 Å². The van der Waals surface area contributed by atoms with Crippen LogP contribution in [0.4, 0.5) is 15.8 Å². The van der Waals surface area contributed by atoms with E-state index in [1.807, 2.05) is 42.5 Å². The minimum atomic E-state index is -0.584. The van der Waals surface area contributed by atoms with Gasteiger partial charge in [-0.05, 0) is 60.2 Å². The maximum atomic E-state index is 13.9. The van der Waals surface area contributed by atoms with Crippen molar-refractivity contribution in [3.8, 4) is 0 Å². The zero-order chi connectivity index (χ0) is 22.8. The van der Waals surface area contributed by atoms with Crippen LogP contribution in [0.2, 0.25) is 0 Å². The molecule has 0 spiro atoms. The summed E-state index contributed by atoms with van der Waals surface area (Å²) in [7, 11) is 0. The van der Waals surface area contributed by atoms with Crippen molar-refractivity contribution in [1.82, 2.24) is 0 Å². The van der Waals surface area contributed by atoms with Crippen LogP contribution in [0.1, 0.15) is 26.3 Å². The molecule has 1 aliphatic heterocycles. The Morgan fingerprint density at radius 2 is 1.45 bits per heavy atom. The molecule has 4 aromatic rings. The monoisotopic (exact) mass is 454 g/mol. The topological polar surface area (TPSA) is 49.4 Å². The third-order valence-corrected chi connectivity index (χ3v) is 6.61. The first kappa shape index (κ1) is 21.0. The van der Waals surface area contributed by atoms with E-state index in [2.05, 4.69) is 11.4 Å². The van der Waals surface area contributed by atoms with Crippen molar-refractivity contribution >= 4 is 35.0 Å². The van der Waals surface area contributed by atoms with Gasteiger partial charge in [-0.3, -0.25) is 9.59 Å². The number of hydrogen-bond donors (Lipinski definition) is 1. The lowest BCUT2D eigenvalue weighted by molar-refractivity contribution is 0.0983. The van der Waals surface area contributed by atoms with E-state index in [9.17, 15) is 14.0 Å². The van der Waals surface area contributed by atoms with E-state index in [4.69, 9.17) is 0 Å². The van der Waals surface area contributed by atoms with E-state index < -0.39 is 11.7 Å². The normalized spacial score (nSPS) is 12.3. The summed E-state index contributed by atoms with van der Waals surface area (Å²) < 4.78 is 13.9.